The third-order valence-electron chi connectivity index (χ3n) is 1.62. The van der Waals surface area contributed by atoms with Gasteiger partial charge in [-0.1, -0.05) is 26.7 Å². The SMILES string of the molecule is CCCCC(=O)CCCC.[Ru]. The first kappa shape index (κ1) is 13.9. The van der Waals surface area contributed by atoms with E-state index in [1.54, 1.807) is 0 Å². The first-order valence-corrected chi connectivity index (χ1v) is 4.33. The second kappa shape index (κ2) is 10.3. The van der Waals surface area contributed by atoms with Gasteiger partial charge in [-0.3, -0.25) is 4.79 Å². The molecule has 1 nitrogen and oxygen atoms in total. The van der Waals surface area contributed by atoms with Gasteiger partial charge < -0.3 is 0 Å². The molecule has 0 saturated carbocycles. The monoisotopic (exact) mass is 244 g/mol. The third-order valence-corrected chi connectivity index (χ3v) is 1.62. The molecule has 0 radical (unpaired) electrons. The smallest absolute Gasteiger partial charge is 0.132 e. The Kier molecular flexibility index (Phi) is 13.0. The van der Waals surface area contributed by atoms with Crippen molar-refractivity contribution >= 4 is 5.78 Å². The molecule has 0 aliphatic carbocycles. The Bertz CT molecular complexity index is 81.6. The summed E-state index contributed by atoms with van der Waals surface area (Å²) in [5.41, 5.74) is 0. The molecule has 68 valence electrons. The van der Waals surface area contributed by atoms with Crippen LogP contribution in [0.4, 0.5) is 0 Å². The summed E-state index contributed by atoms with van der Waals surface area (Å²) in [6.45, 7) is 4.24. The van der Waals surface area contributed by atoms with Crippen LogP contribution in [-0.2, 0) is 24.3 Å². The first-order valence-electron chi connectivity index (χ1n) is 4.33. The van der Waals surface area contributed by atoms with E-state index >= 15 is 0 Å². The number of carbonyl (C=O) groups is 1. The van der Waals surface area contributed by atoms with Gasteiger partial charge >= 0.3 is 0 Å². The predicted octanol–water partition coefficient (Wildman–Crippen LogP) is 2.93. The van der Waals surface area contributed by atoms with Crippen LogP contribution in [0.15, 0.2) is 0 Å². The minimum atomic E-state index is 0. The molecule has 0 amide bonds. The molecule has 0 saturated heterocycles. The van der Waals surface area contributed by atoms with Crippen LogP contribution in [-0.4, -0.2) is 5.78 Å². The Labute approximate surface area is 82.7 Å². The first-order chi connectivity index (χ1) is 4.81. The van der Waals surface area contributed by atoms with E-state index in [0.29, 0.717) is 5.78 Å². The number of rotatable bonds is 6. The summed E-state index contributed by atoms with van der Waals surface area (Å²) in [6.07, 6.45) is 6.02. The van der Waals surface area contributed by atoms with E-state index in [1.807, 2.05) is 0 Å². The number of hydrogen-bond donors (Lipinski definition) is 0. The van der Waals surface area contributed by atoms with Crippen molar-refractivity contribution in [1.29, 1.82) is 0 Å². The summed E-state index contributed by atoms with van der Waals surface area (Å²) >= 11 is 0. The maximum absolute atomic E-state index is 11.0. The third kappa shape index (κ3) is 10.3. The molecule has 0 aromatic heterocycles. The van der Waals surface area contributed by atoms with Crippen LogP contribution in [0.25, 0.3) is 0 Å². The zero-order valence-electron chi connectivity index (χ0n) is 7.50. The van der Waals surface area contributed by atoms with E-state index in [9.17, 15) is 4.79 Å². The summed E-state index contributed by atoms with van der Waals surface area (Å²) in [5, 5.41) is 0. The molecule has 0 heterocycles. The Morgan fingerprint density at radius 3 is 1.64 bits per heavy atom. The van der Waals surface area contributed by atoms with Crippen LogP contribution < -0.4 is 0 Å². The summed E-state index contributed by atoms with van der Waals surface area (Å²) < 4.78 is 0. The topological polar surface area (TPSA) is 17.1 Å². The molecule has 0 fully saturated rings. The molecular weight excluding hydrogens is 225 g/mol. The number of Topliss-reactive ketones (excluding diaryl/α,β-unsaturated/α-hetero) is 1. The summed E-state index contributed by atoms with van der Waals surface area (Å²) in [6, 6.07) is 0. The standard InChI is InChI=1S/C9H18O.Ru/c1-3-5-7-9(10)8-6-4-2;/h3-8H2,1-2H3;. The van der Waals surface area contributed by atoms with Gasteiger partial charge in [-0.05, 0) is 12.8 Å². The van der Waals surface area contributed by atoms with Gasteiger partial charge in [-0.25, -0.2) is 0 Å². The average Bonchev–Trinajstić information content (AvgIpc) is 1.97. The van der Waals surface area contributed by atoms with E-state index in [4.69, 9.17) is 0 Å². The largest absolute Gasteiger partial charge is 0.300 e. The Morgan fingerprint density at radius 2 is 1.36 bits per heavy atom. The van der Waals surface area contributed by atoms with E-state index < -0.39 is 0 Å². The van der Waals surface area contributed by atoms with Crippen LogP contribution >= 0.6 is 0 Å². The van der Waals surface area contributed by atoms with Gasteiger partial charge in [0.25, 0.3) is 0 Å². The van der Waals surface area contributed by atoms with Crippen LogP contribution in [0, 0.1) is 0 Å². The van der Waals surface area contributed by atoms with E-state index in [1.165, 1.54) is 0 Å². The van der Waals surface area contributed by atoms with Gasteiger partial charge in [0, 0.05) is 32.3 Å². The molecule has 11 heavy (non-hydrogen) atoms. The minimum absolute atomic E-state index is 0. The van der Waals surface area contributed by atoms with Crippen LogP contribution in [0.2, 0.25) is 0 Å². The molecular formula is C9H18ORu. The van der Waals surface area contributed by atoms with Crippen molar-refractivity contribution in [3.05, 3.63) is 0 Å². The molecule has 0 aliphatic rings. The maximum atomic E-state index is 11.0. The maximum Gasteiger partial charge on any atom is 0.132 e. The van der Waals surface area contributed by atoms with Crippen molar-refractivity contribution < 1.29 is 24.3 Å². The van der Waals surface area contributed by atoms with Crippen molar-refractivity contribution in [2.75, 3.05) is 0 Å². The quantitative estimate of drug-likeness (QED) is 0.655. The van der Waals surface area contributed by atoms with E-state index in [-0.39, 0.29) is 19.5 Å². The summed E-state index contributed by atoms with van der Waals surface area (Å²) in [7, 11) is 0. The molecule has 0 aliphatic heterocycles. The van der Waals surface area contributed by atoms with Crippen LogP contribution in [0.1, 0.15) is 52.4 Å². The van der Waals surface area contributed by atoms with Crippen molar-refractivity contribution in [2.45, 2.75) is 52.4 Å². The van der Waals surface area contributed by atoms with Crippen molar-refractivity contribution in [2.24, 2.45) is 0 Å². The zero-order valence-corrected chi connectivity index (χ0v) is 9.24. The number of carbonyl (C=O) groups excluding carboxylic acids is 1. The molecule has 0 aromatic carbocycles. The molecule has 0 unspecified atom stereocenters. The normalized spacial score (nSPS) is 8.91. The molecule has 2 heteroatoms. The van der Waals surface area contributed by atoms with Gasteiger partial charge in [0.1, 0.15) is 5.78 Å². The van der Waals surface area contributed by atoms with Gasteiger partial charge in [0.05, 0.1) is 0 Å². The second-order valence-corrected chi connectivity index (χ2v) is 2.75. The average molecular weight is 243 g/mol. The molecule has 0 N–H and O–H groups in total. The number of ketones is 1. The number of hydrogen-bond acceptors (Lipinski definition) is 1. The zero-order chi connectivity index (χ0) is 7.82. The molecule has 0 atom stereocenters. The fourth-order valence-electron chi connectivity index (χ4n) is 0.873. The predicted molar refractivity (Wildman–Crippen MR) is 44.1 cm³/mol. The van der Waals surface area contributed by atoms with Gasteiger partial charge in [-0.2, -0.15) is 0 Å². The molecule has 0 aromatic rings. The molecule has 0 bridgehead atoms. The van der Waals surface area contributed by atoms with Crippen LogP contribution in [0.5, 0.6) is 0 Å². The van der Waals surface area contributed by atoms with Crippen LogP contribution in [0.3, 0.4) is 0 Å². The number of unbranched alkanes of at least 4 members (excludes halogenated alkanes) is 2. The fourth-order valence-corrected chi connectivity index (χ4v) is 0.873. The Hall–Kier alpha value is 0.293. The van der Waals surface area contributed by atoms with Crippen molar-refractivity contribution in [3.63, 3.8) is 0 Å². The Balaban J connectivity index is 0. The summed E-state index contributed by atoms with van der Waals surface area (Å²) in [5.74, 6) is 0.448. The van der Waals surface area contributed by atoms with Crippen molar-refractivity contribution in [3.8, 4) is 0 Å². The van der Waals surface area contributed by atoms with E-state index in [0.717, 1.165) is 38.5 Å². The van der Waals surface area contributed by atoms with Gasteiger partial charge in [0.2, 0.25) is 0 Å². The fraction of sp³-hybridized carbons (Fsp3) is 0.889. The summed E-state index contributed by atoms with van der Waals surface area (Å²) in [4.78, 5) is 11.0. The van der Waals surface area contributed by atoms with E-state index in [2.05, 4.69) is 13.8 Å². The molecule has 0 spiro atoms. The van der Waals surface area contributed by atoms with Gasteiger partial charge in [-0.15, -0.1) is 0 Å². The molecule has 0 rings (SSSR count). The van der Waals surface area contributed by atoms with Crippen molar-refractivity contribution in [1.82, 2.24) is 0 Å². The minimum Gasteiger partial charge on any atom is -0.300 e. The van der Waals surface area contributed by atoms with Gasteiger partial charge in [0.15, 0.2) is 0 Å². The Morgan fingerprint density at radius 1 is 1.00 bits per heavy atom. The second-order valence-electron chi connectivity index (χ2n) is 2.75.